The third-order valence-corrected chi connectivity index (χ3v) is 4.06. The van der Waals surface area contributed by atoms with Crippen molar-refractivity contribution < 1.29 is 23.0 Å². The molecule has 1 fully saturated rings. The van der Waals surface area contributed by atoms with Gasteiger partial charge in [-0.05, 0) is 29.0 Å². The van der Waals surface area contributed by atoms with Crippen molar-refractivity contribution >= 4 is 34.4 Å². The van der Waals surface area contributed by atoms with Crippen LogP contribution < -0.4 is 11.4 Å². The van der Waals surface area contributed by atoms with Crippen molar-refractivity contribution in [3.63, 3.8) is 0 Å². The molecule has 1 aromatic rings. The summed E-state index contributed by atoms with van der Waals surface area (Å²) in [7, 11) is 0. The maximum atomic E-state index is 14.5. The molecule has 1 unspecified atom stereocenters. The lowest BCUT2D eigenvalue weighted by Crippen LogP contribution is -2.43. The molecule has 1 saturated heterocycles. The number of aromatic nitrogens is 2. The summed E-state index contributed by atoms with van der Waals surface area (Å²) >= 11 is 1.77. The molecule has 1 aliphatic heterocycles. The zero-order valence-electron chi connectivity index (χ0n) is 11.8. The van der Waals surface area contributed by atoms with Crippen molar-refractivity contribution in [2.75, 3.05) is 5.73 Å². The lowest BCUT2D eigenvalue weighted by atomic mass is 10.1. The molecule has 0 aliphatic carbocycles. The Morgan fingerprint density at radius 2 is 2.27 bits per heavy atom. The Morgan fingerprint density at radius 3 is 2.82 bits per heavy atom. The average Bonchev–Trinajstić information content (AvgIpc) is 2.65. The van der Waals surface area contributed by atoms with Crippen LogP contribution in [0.5, 0.6) is 0 Å². The summed E-state index contributed by atoms with van der Waals surface area (Å²) in [4.78, 5) is 26.4. The smallest absolute Gasteiger partial charge is 0.351 e. The predicted molar refractivity (Wildman–Crippen MR) is 80.3 cm³/mol. The molecule has 0 spiro atoms. The van der Waals surface area contributed by atoms with E-state index in [9.17, 15) is 18.4 Å². The number of anilines is 1. The van der Waals surface area contributed by atoms with E-state index in [4.69, 9.17) is 15.2 Å². The quantitative estimate of drug-likeness (QED) is 0.575. The first-order chi connectivity index (χ1) is 10.2. The SMILES string of the molecule is CC[C@H]1O[C@@H](n2cc(I)c(N)nc2=O)C(F)(F)C1OC(C)=O. The molecular formula is C12H14F2IN3O4. The normalized spacial score (nSPS) is 26.9. The minimum Gasteiger partial charge on any atom is -0.453 e. The lowest BCUT2D eigenvalue weighted by Gasteiger charge is -2.23. The van der Waals surface area contributed by atoms with Crippen molar-refractivity contribution in [1.82, 2.24) is 9.55 Å². The Labute approximate surface area is 137 Å². The largest absolute Gasteiger partial charge is 0.453 e. The Kier molecular flexibility index (Phi) is 4.70. The molecule has 1 aliphatic rings. The number of hydrogen-bond acceptors (Lipinski definition) is 6. The number of rotatable bonds is 3. The maximum Gasteiger partial charge on any atom is 0.351 e. The molecule has 2 heterocycles. The topological polar surface area (TPSA) is 96.4 Å². The highest BCUT2D eigenvalue weighted by atomic mass is 127. The van der Waals surface area contributed by atoms with E-state index >= 15 is 0 Å². The molecule has 0 saturated carbocycles. The van der Waals surface area contributed by atoms with E-state index in [1.807, 2.05) is 0 Å². The third kappa shape index (κ3) is 2.93. The number of carbonyl (C=O) groups excluding carboxylic acids is 1. The standard InChI is InChI=1S/C12H14F2IN3O4/c1-3-7-8(21-5(2)19)12(13,14)10(22-7)18-4-6(15)9(16)17-11(18)20/h4,7-8,10H,3H2,1-2H3,(H2,16,17,20)/t7-,8?,10-/m1/s1. The van der Waals surface area contributed by atoms with Crippen LogP contribution in [0.1, 0.15) is 26.5 Å². The second kappa shape index (κ2) is 6.07. The molecule has 3 atom stereocenters. The van der Waals surface area contributed by atoms with E-state index in [0.29, 0.717) is 8.14 Å². The molecule has 0 radical (unpaired) electrons. The second-order valence-electron chi connectivity index (χ2n) is 4.80. The highest BCUT2D eigenvalue weighted by molar-refractivity contribution is 14.1. The van der Waals surface area contributed by atoms with Crippen LogP contribution in [0.15, 0.2) is 11.0 Å². The van der Waals surface area contributed by atoms with Crippen LogP contribution in [0, 0.1) is 3.57 Å². The van der Waals surface area contributed by atoms with Gasteiger partial charge in [0.2, 0.25) is 6.23 Å². The first kappa shape index (κ1) is 17.1. The first-order valence-corrected chi connectivity index (χ1v) is 7.51. The number of carbonyl (C=O) groups is 1. The molecule has 0 aromatic carbocycles. The molecule has 7 nitrogen and oxygen atoms in total. The number of alkyl halides is 2. The van der Waals surface area contributed by atoms with E-state index in [1.165, 1.54) is 0 Å². The molecule has 0 amide bonds. The van der Waals surface area contributed by atoms with Crippen LogP contribution in [0.2, 0.25) is 0 Å². The van der Waals surface area contributed by atoms with Crippen molar-refractivity contribution in [3.05, 3.63) is 20.3 Å². The molecule has 0 bridgehead atoms. The molecule has 22 heavy (non-hydrogen) atoms. The fourth-order valence-electron chi connectivity index (χ4n) is 2.24. The van der Waals surface area contributed by atoms with Gasteiger partial charge in [0.15, 0.2) is 6.10 Å². The molecule has 2 rings (SSSR count). The second-order valence-corrected chi connectivity index (χ2v) is 5.97. The number of esters is 1. The van der Waals surface area contributed by atoms with Gasteiger partial charge in [-0.15, -0.1) is 0 Å². The summed E-state index contributed by atoms with van der Waals surface area (Å²) in [6.07, 6.45) is -3.35. The Hall–Kier alpha value is -1.30. The Bertz CT molecular complexity index is 652. The zero-order chi connectivity index (χ0) is 16.7. The highest BCUT2D eigenvalue weighted by Crippen LogP contribution is 2.44. The van der Waals surface area contributed by atoms with Gasteiger partial charge in [0.05, 0.1) is 3.57 Å². The van der Waals surface area contributed by atoms with Crippen LogP contribution in [-0.4, -0.2) is 33.7 Å². The molecule has 122 valence electrons. The predicted octanol–water partition coefficient (Wildman–Crippen LogP) is 1.30. The molecule has 10 heteroatoms. The van der Waals surface area contributed by atoms with Gasteiger partial charge in [-0.3, -0.25) is 9.36 Å². The number of ether oxygens (including phenoxy) is 2. The van der Waals surface area contributed by atoms with Crippen LogP contribution in [0.4, 0.5) is 14.6 Å². The van der Waals surface area contributed by atoms with Crippen LogP contribution in [0.3, 0.4) is 0 Å². The number of hydrogen-bond donors (Lipinski definition) is 1. The summed E-state index contributed by atoms with van der Waals surface area (Å²) in [6, 6.07) is 0. The summed E-state index contributed by atoms with van der Waals surface area (Å²) < 4.78 is 40.0. The van der Waals surface area contributed by atoms with Crippen molar-refractivity contribution in [3.8, 4) is 0 Å². The van der Waals surface area contributed by atoms with Crippen molar-refractivity contribution in [2.24, 2.45) is 0 Å². The average molecular weight is 429 g/mol. The molecular weight excluding hydrogens is 415 g/mol. The number of nitrogen functional groups attached to an aromatic ring is 1. The molecule has 1 aromatic heterocycles. The van der Waals surface area contributed by atoms with Crippen molar-refractivity contribution in [1.29, 1.82) is 0 Å². The van der Waals surface area contributed by atoms with Gasteiger partial charge >= 0.3 is 17.6 Å². The maximum absolute atomic E-state index is 14.5. The molecule has 2 N–H and O–H groups in total. The first-order valence-electron chi connectivity index (χ1n) is 6.43. The van der Waals surface area contributed by atoms with Gasteiger partial charge in [-0.2, -0.15) is 13.8 Å². The van der Waals surface area contributed by atoms with Gasteiger partial charge in [-0.25, -0.2) is 4.79 Å². The lowest BCUT2D eigenvalue weighted by molar-refractivity contribution is -0.174. The summed E-state index contributed by atoms with van der Waals surface area (Å²) in [5, 5.41) is 0. The third-order valence-electron chi connectivity index (χ3n) is 3.23. The minimum atomic E-state index is -3.57. The Balaban J connectivity index is 2.46. The summed E-state index contributed by atoms with van der Waals surface area (Å²) in [5.74, 6) is -4.46. The number of nitrogens with two attached hydrogens (primary N) is 1. The van der Waals surface area contributed by atoms with E-state index in [1.54, 1.807) is 29.5 Å². The van der Waals surface area contributed by atoms with Gasteiger partial charge in [0, 0.05) is 13.1 Å². The van der Waals surface area contributed by atoms with Gasteiger partial charge < -0.3 is 15.2 Å². The van der Waals surface area contributed by atoms with Gasteiger partial charge in [0.25, 0.3) is 0 Å². The Morgan fingerprint density at radius 1 is 1.64 bits per heavy atom. The highest BCUT2D eigenvalue weighted by Gasteiger charge is 2.61. The summed E-state index contributed by atoms with van der Waals surface area (Å²) in [6.45, 7) is 2.66. The van der Waals surface area contributed by atoms with Crippen LogP contribution in [0.25, 0.3) is 0 Å². The summed E-state index contributed by atoms with van der Waals surface area (Å²) in [5.41, 5.74) is 4.52. The van der Waals surface area contributed by atoms with E-state index in [-0.39, 0.29) is 12.2 Å². The van der Waals surface area contributed by atoms with E-state index in [2.05, 4.69) is 4.98 Å². The van der Waals surface area contributed by atoms with E-state index in [0.717, 1.165) is 13.1 Å². The van der Waals surface area contributed by atoms with Crippen molar-refractivity contribution in [2.45, 2.75) is 44.6 Å². The van der Waals surface area contributed by atoms with Crippen LogP contribution >= 0.6 is 22.6 Å². The van der Waals surface area contributed by atoms with Gasteiger partial charge in [-0.1, -0.05) is 6.92 Å². The van der Waals surface area contributed by atoms with Crippen LogP contribution in [-0.2, 0) is 14.3 Å². The van der Waals surface area contributed by atoms with E-state index < -0.39 is 36.0 Å². The fraction of sp³-hybridized carbons (Fsp3) is 0.583. The fourth-order valence-corrected chi connectivity index (χ4v) is 2.66. The number of halogens is 3. The minimum absolute atomic E-state index is 0.0493. The number of nitrogens with zero attached hydrogens (tertiary/aromatic N) is 2. The van der Waals surface area contributed by atoms with Gasteiger partial charge in [0.1, 0.15) is 11.9 Å². The zero-order valence-corrected chi connectivity index (χ0v) is 13.9. The monoisotopic (exact) mass is 429 g/mol.